The number of para-hydroxylation sites is 2. The van der Waals surface area contributed by atoms with Gasteiger partial charge in [-0.3, -0.25) is 15.3 Å². The largest absolute Gasteiger partial charge is 3.00 e. The van der Waals surface area contributed by atoms with Crippen molar-refractivity contribution < 1.29 is 49.2 Å². The number of carboxylic acids is 3. The van der Waals surface area contributed by atoms with Gasteiger partial charge < -0.3 is 34.7 Å². The van der Waals surface area contributed by atoms with E-state index in [1.165, 1.54) is 36.8 Å². The van der Waals surface area contributed by atoms with Gasteiger partial charge in [0.25, 0.3) is 0 Å². The van der Waals surface area contributed by atoms with Crippen LogP contribution < -0.4 is 15.3 Å². The van der Waals surface area contributed by atoms with E-state index < -0.39 is 17.9 Å². The SMILES string of the molecule is O=C([O-])c1cc[nH]n1.O=C([O-])c1cc[nH]n1.O=C([O-])c1cc[nH]n1.P.P.[Ru+3].c1ccc2[nH]cnc2c1. The minimum atomic E-state index is -1.26. The number of carbonyl (C=O) groups excluding carboxylic acids is 3. The first-order chi connectivity index (χ1) is 15.9. The second-order valence-electron chi connectivity index (χ2n) is 5.66. The molecule has 5 rings (SSSR count). The Labute approximate surface area is 222 Å². The molecule has 2 unspecified atom stereocenters. The number of hydrogen-bond acceptors (Lipinski definition) is 10. The second-order valence-corrected chi connectivity index (χ2v) is 5.66. The molecule has 5 aromatic rings. The van der Waals surface area contributed by atoms with Crippen molar-refractivity contribution in [3.8, 4) is 0 Å². The molecule has 0 saturated heterocycles. The number of imidazole rings is 1. The Morgan fingerprint density at radius 2 is 1.03 bits per heavy atom. The molecule has 1 aromatic carbocycles. The number of carboxylic acid groups (broad SMARTS) is 3. The van der Waals surface area contributed by atoms with Gasteiger partial charge in [0.1, 0.15) is 17.1 Å². The Kier molecular flexibility index (Phi) is 17.7. The summed E-state index contributed by atoms with van der Waals surface area (Å²) in [6.07, 6.45) is 5.96. The molecule has 0 saturated carbocycles. The number of fused-ring (bicyclic) bond motifs is 1. The summed E-state index contributed by atoms with van der Waals surface area (Å²) in [5, 5.41) is 46.6. The maximum Gasteiger partial charge on any atom is 3.00 e. The van der Waals surface area contributed by atoms with Gasteiger partial charge in [-0.1, -0.05) is 12.1 Å². The molecule has 36 heavy (non-hydrogen) atoms. The summed E-state index contributed by atoms with van der Waals surface area (Å²) in [7, 11) is 0. The van der Waals surface area contributed by atoms with Crippen LogP contribution in [-0.2, 0) is 19.5 Å². The van der Waals surface area contributed by atoms with E-state index in [0.29, 0.717) is 0 Å². The van der Waals surface area contributed by atoms with Crippen molar-refractivity contribution in [2.24, 2.45) is 0 Å². The molecular weight excluding hydrogens is 599 g/mol. The Balaban J connectivity index is 0. The van der Waals surface area contributed by atoms with Gasteiger partial charge in [-0.25, -0.2) is 4.98 Å². The molecule has 4 heterocycles. The van der Waals surface area contributed by atoms with Crippen LogP contribution in [-0.4, -0.2) is 58.5 Å². The van der Waals surface area contributed by atoms with Crippen molar-refractivity contribution >= 4 is 48.7 Å². The fraction of sp³-hybridized carbons (Fsp3) is 0. The van der Waals surface area contributed by atoms with Crippen LogP contribution in [0.3, 0.4) is 0 Å². The molecule has 0 aliphatic heterocycles. The standard InChI is InChI=1S/C7H6N2.3C4H4N2O2.2H3P.Ru/c1-2-4-7-6(3-1)8-5-9-7;3*7-4(8)3-1-2-5-6-3;;;/h1-5H,(H,8,9);3*1-2H,(H,5,6)(H,7,8);2*1H3;/q;;;;;;+3/p-3. The van der Waals surface area contributed by atoms with Crippen molar-refractivity contribution in [3.05, 3.63) is 84.5 Å². The van der Waals surface area contributed by atoms with Crippen molar-refractivity contribution in [2.45, 2.75) is 0 Å². The van der Waals surface area contributed by atoms with E-state index in [4.69, 9.17) is 0 Å². The Morgan fingerprint density at radius 3 is 1.31 bits per heavy atom. The summed E-state index contributed by atoms with van der Waals surface area (Å²) in [5.41, 5.74) is 1.93. The van der Waals surface area contributed by atoms with E-state index in [9.17, 15) is 29.7 Å². The third-order valence-corrected chi connectivity index (χ3v) is 3.46. The summed E-state index contributed by atoms with van der Waals surface area (Å²) in [6.45, 7) is 0. The van der Waals surface area contributed by atoms with Crippen molar-refractivity contribution in [2.75, 3.05) is 0 Å². The molecule has 0 aliphatic rings. The zero-order valence-corrected chi connectivity index (χ0v) is 22.9. The molecule has 191 valence electrons. The summed E-state index contributed by atoms with van der Waals surface area (Å²) >= 11 is 0. The van der Waals surface area contributed by atoms with Crippen LogP contribution in [0, 0.1) is 0 Å². The first-order valence-corrected chi connectivity index (χ1v) is 8.90. The number of nitrogens with one attached hydrogen (secondary N) is 4. The van der Waals surface area contributed by atoms with Gasteiger partial charge in [-0.15, -0.1) is 0 Å². The van der Waals surface area contributed by atoms with Crippen molar-refractivity contribution in [1.29, 1.82) is 0 Å². The summed E-state index contributed by atoms with van der Waals surface area (Å²) in [4.78, 5) is 36.7. The number of rotatable bonds is 3. The fourth-order valence-corrected chi connectivity index (χ4v) is 2.00. The quantitative estimate of drug-likeness (QED) is 0.128. The average Bonchev–Trinajstić information content (AvgIpc) is 3.62. The molecule has 0 fully saturated rings. The third-order valence-electron chi connectivity index (χ3n) is 3.46. The molecular formula is C19H21N8O6P2Ru. The summed E-state index contributed by atoms with van der Waals surface area (Å²) < 4.78 is 0. The number of aromatic nitrogens is 8. The third kappa shape index (κ3) is 12.1. The molecule has 0 aliphatic carbocycles. The Morgan fingerprint density at radius 1 is 0.639 bits per heavy atom. The van der Waals surface area contributed by atoms with Crippen LogP contribution >= 0.6 is 19.8 Å². The van der Waals surface area contributed by atoms with Crippen LogP contribution in [0.4, 0.5) is 0 Å². The van der Waals surface area contributed by atoms with Crippen LogP contribution in [0.15, 0.2) is 67.4 Å². The Hall–Kier alpha value is -3.79. The summed E-state index contributed by atoms with van der Waals surface area (Å²) in [6, 6.07) is 11.9. The number of hydrogen-bond donors (Lipinski definition) is 4. The van der Waals surface area contributed by atoms with Gasteiger partial charge in [0.2, 0.25) is 0 Å². The van der Waals surface area contributed by atoms with E-state index in [1.807, 2.05) is 24.3 Å². The van der Waals surface area contributed by atoms with Gasteiger partial charge in [-0.2, -0.15) is 35.1 Å². The zero-order chi connectivity index (χ0) is 24.1. The number of benzene rings is 1. The first-order valence-electron chi connectivity index (χ1n) is 8.90. The van der Waals surface area contributed by atoms with E-state index in [0.717, 1.165) is 11.0 Å². The predicted octanol–water partition coefficient (Wildman–Crippen LogP) is -2.00. The molecule has 1 radical (unpaired) electrons. The minimum absolute atomic E-state index is 0. The molecule has 0 bridgehead atoms. The van der Waals surface area contributed by atoms with Crippen LogP contribution in [0.25, 0.3) is 11.0 Å². The van der Waals surface area contributed by atoms with Gasteiger partial charge in [-0.05, 0) is 30.3 Å². The van der Waals surface area contributed by atoms with Gasteiger partial charge in [0, 0.05) is 18.6 Å². The molecule has 17 heteroatoms. The molecule has 4 aromatic heterocycles. The van der Waals surface area contributed by atoms with E-state index in [1.54, 1.807) is 6.33 Å². The molecule has 0 amide bonds. The number of nitrogens with zero attached hydrogens (tertiary/aromatic N) is 4. The maximum absolute atomic E-state index is 9.87. The fourth-order valence-electron chi connectivity index (χ4n) is 2.00. The van der Waals surface area contributed by atoms with Crippen molar-refractivity contribution in [1.82, 2.24) is 40.6 Å². The van der Waals surface area contributed by atoms with Gasteiger partial charge in [0.05, 0.1) is 35.3 Å². The normalized spacial score (nSPS) is 8.56. The molecule has 14 nitrogen and oxygen atoms in total. The summed E-state index contributed by atoms with van der Waals surface area (Å²) in [5.74, 6) is -3.77. The molecule has 2 atom stereocenters. The van der Waals surface area contributed by atoms with Gasteiger partial charge >= 0.3 is 19.5 Å². The number of carbonyl (C=O) groups is 3. The van der Waals surface area contributed by atoms with Gasteiger partial charge in [0.15, 0.2) is 0 Å². The average molecular weight is 620 g/mol. The first kappa shape index (κ1) is 34.4. The second kappa shape index (κ2) is 18.5. The van der Waals surface area contributed by atoms with Crippen molar-refractivity contribution in [3.63, 3.8) is 0 Å². The Bertz CT molecular complexity index is 1130. The van der Waals surface area contributed by atoms with Crippen LogP contribution in [0.2, 0.25) is 0 Å². The molecule has 4 N–H and O–H groups in total. The van der Waals surface area contributed by atoms with E-state index in [2.05, 4.69) is 40.6 Å². The van der Waals surface area contributed by atoms with E-state index >= 15 is 0 Å². The minimum Gasteiger partial charge on any atom is -0.543 e. The predicted molar refractivity (Wildman–Crippen MR) is 127 cm³/mol. The van der Waals surface area contributed by atoms with Crippen LogP contribution in [0.5, 0.6) is 0 Å². The number of aromatic carboxylic acids is 3. The maximum atomic E-state index is 9.87. The topological polar surface area (TPSA) is 235 Å². The smallest absolute Gasteiger partial charge is 0.543 e. The van der Waals surface area contributed by atoms with E-state index in [-0.39, 0.29) is 56.4 Å². The molecule has 0 spiro atoms. The van der Waals surface area contributed by atoms with Crippen LogP contribution in [0.1, 0.15) is 31.5 Å². The number of H-pyrrole nitrogens is 4. The monoisotopic (exact) mass is 621 g/mol. The zero-order valence-electron chi connectivity index (χ0n) is 18.4. The number of aromatic amines is 4.